The van der Waals surface area contributed by atoms with Crippen LogP contribution in [0.2, 0.25) is 0 Å². The molecule has 6 heteroatoms. The lowest BCUT2D eigenvalue weighted by molar-refractivity contribution is -0.601. The van der Waals surface area contributed by atoms with E-state index >= 15 is 0 Å². The van der Waals surface area contributed by atoms with E-state index in [1.807, 2.05) is 0 Å². The van der Waals surface area contributed by atoms with Crippen molar-refractivity contribution in [3.8, 4) is 12.5 Å². The lowest BCUT2D eigenvalue weighted by Gasteiger charge is -2.00. The van der Waals surface area contributed by atoms with Gasteiger partial charge in [-0.1, -0.05) is 60.7 Å². The van der Waals surface area contributed by atoms with Crippen LogP contribution in [0.15, 0.2) is 60.7 Å². The molecule has 2 rings (SSSR count). The normalized spacial score (nSPS) is 8.48. The number of rotatable bonds is 5. The van der Waals surface area contributed by atoms with Gasteiger partial charge in [0, 0.05) is 10.1 Å². The van der Waals surface area contributed by atoms with Crippen LogP contribution >= 0.6 is 0 Å². The van der Waals surface area contributed by atoms with Gasteiger partial charge in [-0.2, -0.15) is 0 Å². The maximum Gasteiger partial charge on any atom is 0.328 e. The molecule has 0 unspecified atom stereocenters. The summed E-state index contributed by atoms with van der Waals surface area (Å²) in [5.41, 5.74) is 2.74. The Balaban J connectivity index is 0.000000240. The van der Waals surface area contributed by atoms with Gasteiger partial charge in [-0.3, -0.25) is 0 Å². The van der Waals surface area contributed by atoms with Crippen LogP contribution in [-0.4, -0.2) is 0 Å². The summed E-state index contributed by atoms with van der Waals surface area (Å²) < 4.78 is 0. The number of nitrogens with zero attached hydrogens (tertiary/aromatic N) is 2. The van der Waals surface area contributed by atoms with Crippen molar-refractivity contribution in [1.29, 1.82) is 10.5 Å². The minimum absolute atomic E-state index is 1.03. The van der Waals surface area contributed by atoms with E-state index in [0.29, 0.717) is 0 Å². The highest BCUT2D eigenvalue weighted by molar-refractivity contribution is 5.25. The van der Waals surface area contributed by atoms with Gasteiger partial charge in [-0.15, -0.1) is 10.5 Å². The Hall–Kier alpha value is -3.06. The second-order valence-corrected chi connectivity index (χ2v) is 3.63. The molecule has 0 N–H and O–H groups in total. The van der Waals surface area contributed by atoms with Crippen LogP contribution in [0.25, 0.3) is 0 Å². The smallest absolute Gasteiger partial charge is 0.221 e. The van der Waals surface area contributed by atoms with Crippen molar-refractivity contribution in [2.24, 2.45) is 0 Å². The molecule has 0 amide bonds. The van der Waals surface area contributed by atoms with E-state index in [0.717, 1.165) is 18.9 Å². The summed E-state index contributed by atoms with van der Waals surface area (Å²) in [6.07, 6.45) is 3.21. The first kappa shape index (κ1) is 16.0. The third kappa shape index (κ3) is 7.85. The summed E-state index contributed by atoms with van der Waals surface area (Å²) in [6.45, 7) is 0. The van der Waals surface area contributed by atoms with Crippen LogP contribution in [0.4, 0.5) is 0 Å². The predicted octanol–water partition coefficient (Wildman–Crippen LogP) is 3.04. The van der Waals surface area contributed by atoms with Crippen molar-refractivity contribution in [3.05, 3.63) is 71.8 Å². The van der Waals surface area contributed by atoms with E-state index in [1.54, 1.807) is 0 Å². The summed E-state index contributed by atoms with van der Waals surface area (Å²) >= 11 is 0. The van der Waals surface area contributed by atoms with Crippen LogP contribution in [0.1, 0.15) is 11.1 Å². The molecule has 0 fully saturated rings. The second kappa shape index (κ2) is 10.8. The highest BCUT2D eigenvalue weighted by Gasteiger charge is 1.92. The molecule has 2 aromatic carbocycles. The molecule has 6 nitrogen and oxygen atoms in total. The quantitative estimate of drug-likeness (QED) is 0.363. The van der Waals surface area contributed by atoms with Gasteiger partial charge in [0.1, 0.15) is 0 Å². The van der Waals surface area contributed by atoms with Crippen molar-refractivity contribution < 1.29 is 19.9 Å². The van der Waals surface area contributed by atoms with E-state index < -0.39 is 0 Å². The van der Waals surface area contributed by atoms with Gasteiger partial charge in [0.15, 0.2) is 0 Å². The lowest BCUT2D eigenvalue weighted by Crippen LogP contribution is -1.88. The largest absolute Gasteiger partial charge is 0.328 e. The summed E-state index contributed by atoms with van der Waals surface area (Å²) in [6, 6.07) is 21.1. The molecule has 0 aromatic heterocycles. The molecule has 0 atom stereocenters. The van der Waals surface area contributed by atoms with Crippen LogP contribution < -0.4 is 0 Å². The minimum atomic E-state index is 1.03. The van der Waals surface area contributed by atoms with Gasteiger partial charge >= 0.3 is 12.5 Å². The van der Waals surface area contributed by atoms with Crippen LogP contribution in [-0.2, 0) is 26.3 Å². The SMILES string of the molecule is N#COOOOC#N.c1ccc(Cc2ccccc2)cc1. The van der Waals surface area contributed by atoms with Crippen molar-refractivity contribution in [1.82, 2.24) is 0 Å². The first-order valence-electron chi connectivity index (χ1n) is 5.88. The number of nitriles is 2. The Morgan fingerprint density at radius 3 is 1.38 bits per heavy atom. The van der Waals surface area contributed by atoms with Crippen molar-refractivity contribution in [3.63, 3.8) is 0 Å². The maximum atomic E-state index is 7.55. The zero-order chi connectivity index (χ0) is 15.2. The van der Waals surface area contributed by atoms with Crippen LogP contribution in [0.3, 0.4) is 0 Å². The van der Waals surface area contributed by atoms with Crippen LogP contribution in [0, 0.1) is 23.0 Å². The lowest BCUT2D eigenvalue weighted by atomic mass is 10.1. The molecule has 0 aliphatic rings. The molecule has 0 aliphatic heterocycles. The fourth-order valence-corrected chi connectivity index (χ4v) is 1.49. The van der Waals surface area contributed by atoms with Gasteiger partial charge in [0.05, 0.1) is 0 Å². The zero-order valence-corrected chi connectivity index (χ0v) is 11.0. The average Bonchev–Trinajstić information content (AvgIpc) is 2.54. The van der Waals surface area contributed by atoms with Crippen LogP contribution in [0.5, 0.6) is 0 Å². The molecule has 106 valence electrons. The molecule has 2 aromatic rings. The zero-order valence-electron chi connectivity index (χ0n) is 11.0. The summed E-state index contributed by atoms with van der Waals surface area (Å²) in [4.78, 5) is 6.89. The Bertz CT molecular complexity index is 523. The van der Waals surface area contributed by atoms with Crippen molar-refractivity contribution >= 4 is 0 Å². The summed E-state index contributed by atoms with van der Waals surface area (Å²) in [5.74, 6) is 0. The van der Waals surface area contributed by atoms with Gasteiger partial charge in [0.2, 0.25) is 0 Å². The Labute approximate surface area is 122 Å². The Morgan fingerprint density at radius 1 is 0.667 bits per heavy atom. The molecular formula is C15H12N2O4. The van der Waals surface area contributed by atoms with Gasteiger partial charge in [-0.25, -0.2) is 9.78 Å². The third-order valence-corrected chi connectivity index (χ3v) is 2.26. The Kier molecular flexibility index (Phi) is 8.25. The Morgan fingerprint density at radius 2 is 1.05 bits per heavy atom. The fraction of sp³-hybridized carbons (Fsp3) is 0.0667. The minimum Gasteiger partial charge on any atom is -0.221 e. The predicted molar refractivity (Wildman–Crippen MR) is 71.3 cm³/mol. The highest BCUT2D eigenvalue weighted by Crippen LogP contribution is 2.07. The summed E-state index contributed by atoms with van der Waals surface area (Å²) in [5, 5.41) is 21.9. The van der Waals surface area contributed by atoms with Gasteiger partial charge in [0.25, 0.3) is 0 Å². The third-order valence-electron chi connectivity index (χ3n) is 2.26. The first-order valence-corrected chi connectivity index (χ1v) is 5.88. The van der Waals surface area contributed by atoms with E-state index in [1.165, 1.54) is 11.1 Å². The molecule has 0 saturated heterocycles. The molecule has 0 heterocycles. The molecule has 0 radical (unpaired) electrons. The molecule has 0 saturated carbocycles. The summed E-state index contributed by atoms with van der Waals surface area (Å²) in [7, 11) is 0. The molecule has 0 spiro atoms. The average molecular weight is 284 g/mol. The number of hydrogen-bond donors (Lipinski definition) is 0. The maximum absolute atomic E-state index is 7.55. The van der Waals surface area contributed by atoms with E-state index in [-0.39, 0.29) is 0 Å². The van der Waals surface area contributed by atoms with E-state index in [2.05, 4.69) is 80.5 Å². The molecule has 21 heavy (non-hydrogen) atoms. The second-order valence-electron chi connectivity index (χ2n) is 3.63. The topological polar surface area (TPSA) is 84.5 Å². The number of benzene rings is 2. The van der Waals surface area contributed by atoms with Crippen molar-refractivity contribution in [2.75, 3.05) is 0 Å². The first-order chi connectivity index (χ1) is 10.4. The van der Waals surface area contributed by atoms with Gasteiger partial charge in [-0.05, 0) is 17.5 Å². The number of hydrogen-bond acceptors (Lipinski definition) is 6. The molecule has 0 bridgehead atoms. The standard InChI is InChI=1S/C13H12.C2N2O4/c1-3-7-12(8-4-1)11-13-9-5-2-6-10-13;3-1-5-7-8-6-2-4/h1-10H,11H2;. The molecular weight excluding hydrogens is 272 g/mol. The van der Waals surface area contributed by atoms with E-state index in [9.17, 15) is 0 Å². The molecule has 0 aliphatic carbocycles. The highest BCUT2D eigenvalue weighted by atomic mass is 17.7. The van der Waals surface area contributed by atoms with E-state index in [4.69, 9.17) is 10.5 Å². The van der Waals surface area contributed by atoms with Crippen molar-refractivity contribution in [2.45, 2.75) is 6.42 Å². The monoisotopic (exact) mass is 284 g/mol. The van der Waals surface area contributed by atoms with Gasteiger partial charge < -0.3 is 0 Å². The fourth-order valence-electron chi connectivity index (χ4n) is 1.49.